The summed E-state index contributed by atoms with van der Waals surface area (Å²) >= 11 is 0. The second-order valence-corrected chi connectivity index (χ2v) is 6.65. The summed E-state index contributed by atoms with van der Waals surface area (Å²) in [5.74, 6) is 2.33. The Hall–Kier alpha value is -1.97. The molecule has 0 amide bonds. The molecule has 0 aliphatic carbocycles. The molecule has 2 rings (SSSR count). The Labute approximate surface area is 191 Å². The lowest BCUT2D eigenvalue weighted by Gasteiger charge is -2.13. The van der Waals surface area contributed by atoms with Crippen LogP contribution in [0.2, 0.25) is 0 Å². The maximum atomic E-state index is 5.37. The number of nitrogens with one attached hydrogen (secondary N) is 2. The van der Waals surface area contributed by atoms with Crippen LogP contribution in [-0.4, -0.2) is 49.6 Å². The van der Waals surface area contributed by atoms with Crippen molar-refractivity contribution in [3.63, 3.8) is 0 Å². The minimum Gasteiger partial charge on any atom is -0.493 e. The molecule has 0 atom stereocenters. The van der Waals surface area contributed by atoms with Gasteiger partial charge in [0, 0.05) is 32.4 Å². The lowest BCUT2D eigenvalue weighted by molar-refractivity contribution is 0.354. The normalized spacial score (nSPS) is 11.0. The van der Waals surface area contributed by atoms with Gasteiger partial charge >= 0.3 is 0 Å². The van der Waals surface area contributed by atoms with E-state index >= 15 is 0 Å². The quantitative estimate of drug-likeness (QED) is 0.305. The Morgan fingerprint density at radius 1 is 1.10 bits per heavy atom. The zero-order valence-corrected chi connectivity index (χ0v) is 20.7. The number of aliphatic imine (C=N–C) groups is 1. The highest BCUT2D eigenvalue weighted by atomic mass is 127. The van der Waals surface area contributed by atoms with E-state index in [-0.39, 0.29) is 24.0 Å². The number of aromatic nitrogens is 2. The zero-order valence-electron chi connectivity index (χ0n) is 18.3. The first-order valence-corrected chi connectivity index (χ1v) is 9.72. The number of aryl methyl sites for hydroxylation is 2. The first-order chi connectivity index (χ1) is 13.5. The van der Waals surface area contributed by atoms with E-state index in [1.54, 1.807) is 14.2 Å². The van der Waals surface area contributed by atoms with Crippen LogP contribution in [0.3, 0.4) is 0 Å². The SMILES string of the molecule is CCNC(=NCCc1c(C)nn(C)c1C)NCCc1ccc(OC)c(OC)c1.I. The summed E-state index contributed by atoms with van der Waals surface area (Å²) in [5, 5.41) is 11.2. The van der Waals surface area contributed by atoms with Crippen molar-refractivity contribution in [1.82, 2.24) is 20.4 Å². The van der Waals surface area contributed by atoms with E-state index in [0.29, 0.717) is 0 Å². The monoisotopic (exact) mass is 515 g/mol. The third kappa shape index (κ3) is 7.09. The molecule has 0 radical (unpaired) electrons. The number of benzene rings is 1. The summed E-state index contributed by atoms with van der Waals surface area (Å²) in [6.07, 6.45) is 1.75. The molecule has 0 spiro atoms. The van der Waals surface area contributed by atoms with Gasteiger partial charge < -0.3 is 20.1 Å². The lowest BCUT2D eigenvalue weighted by atomic mass is 10.1. The van der Waals surface area contributed by atoms with Crippen molar-refractivity contribution in [2.75, 3.05) is 33.9 Å². The molecule has 8 heteroatoms. The van der Waals surface area contributed by atoms with Gasteiger partial charge in [0.05, 0.1) is 19.9 Å². The average molecular weight is 515 g/mol. The summed E-state index contributed by atoms with van der Waals surface area (Å²) in [6.45, 7) is 8.56. The maximum absolute atomic E-state index is 5.37. The molecule has 1 aromatic heterocycles. The molecule has 2 aromatic rings. The highest BCUT2D eigenvalue weighted by molar-refractivity contribution is 14.0. The molecule has 0 fully saturated rings. The van der Waals surface area contributed by atoms with E-state index in [4.69, 9.17) is 14.5 Å². The Morgan fingerprint density at radius 3 is 2.41 bits per heavy atom. The Kier molecular flexibility index (Phi) is 10.9. The zero-order chi connectivity index (χ0) is 20.5. The van der Waals surface area contributed by atoms with E-state index in [1.807, 2.05) is 23.9 Å². The number of ether oxygens (including phenoxy) is 2. The summed E-state index contributed by atoms with van der Waals surface area (Å²) < 4.78 is 12.6. The standard InChI is InChI=1S/C21H33N5O2.HI/c1-7-22-21(24-13-11-18-15(2)25-26(4)16(18)3)23-12-10-17-8-9-19(27-5)20(14-17)28-6;/h8-9,14H,7,10-13H2,1-6H3,(H2,22,23,24);1H. The topological polar surface area (TPSA) is 72.7 Å². The van der Waals surface area contributed by atoms with Gasteiger partial charge in [-0.25, -0.2) is 0 Å². The molecule has 2 N–H and O–H groups in total. The van der Waals surface area contributed by atoms with Crippen molar-refractivity contribution in [3.8, 4) is 11.5 Å². The molecule has 0 saturated heterocycles. The van der Waals surface area contributed by atoms with E-state index < -0.39 is 0 Å². The third-order valence-corrected chi connectivity index (χ3v) is 4.79. The molecular weight excluding hydrogens is 481 g/mol. The second kappa shape index (κ2) is 12.6. The molecule has 1 aromatic carbocycles. The molecule has 0 aliphatic heterocycles. The number of hydrogen-bond acceptors (Lipinski definition) is 4. The number of halogens is 1. The first-order valence-electron chi connectivity index (χ1n) is 9.72. The van der Waals surface area contributed by atoms with E-state index in [1.165, 1.54) is 16.8 Å². The fraction of sp³-hybridized carbons (Fsp3) is 0.524. The highest BCUT2D eigenvalue weighted by Crippen LogP contribution is 2.27. The van der Waals surface area contributed by atoms with Gasteiger partial charge in [0.25, 0.3) is 0 Å². The molecule has 1 heterocycles. The fourth-order valence-corrected chi connectivity index (χ4v) is 3.16. The molecule has 0 bridgehead atoms. The molecule has 0 unspecified atom stereocenters. The predicted octanol–water partition coefficient (Wildman–Crippen LogP) is 3.01. The number of guanidine groups is 1. The van der Waals surface area contributed by atoms with Gasteiger partial charge in [-0.05, 0) is 56.9 Å². The Balaban J connectivity index is 0.00000420. The van der Waals surface area contributed by atoms with Gasteiger partial charge in [0.15, 0.2) is 17.5 Å². The van der Waals surface area contributed by atoms with Gasteiger partial charge in [-0.1, -0.05) is 6.07 Å². The van der Waals surface area contributed by atoms with Crippen LogP contribution in [0.1, 0.15) is 29.4 Å². The average Bonchev–Trinajstić information content (AvgIpc) is 2.93. The number of methoxy groups -OCH3 is 2. The maximum Gasteiger partial charge on any atom is 0.191 e. The van der Waals surface area contributed by atoms with Crippen molar-refractivity contribution >= 4 is 29.9 Å². The van der Waals surface area contributed by atoms with Crippen LogP contribution in [-0.2, 0) is 19.9 Å². The molecule has 162 valence electrons. The van der Waals surface area contributed by atoms with Crippen LogP contribution in [0.25, 0.3) is 0 Å². The Morgan fingerprint density at radius 2 is 1.83 bits per heavy atom. The second-order valence-electron chi connectivity index (χ2n) is 6.65. The van der Waals surface area contributed by atoms with Crippen LogP contribution in [0.15, 0.2) is 23.2 Å². The van der Waals surface area contributed by atoms with E-state index in [2.05, 4.69) is 42.6 Å². The first kappa shape index (κ1) is 25.1. The summed E-state index contributed by atoms with van der Waals surface area (Å²) in [4.78, 5) is 4.71. The van der Waals surface area contributed by atoms with Crippen molar-refractivity contribution in [2.45, 2.75) is 33.6 Å². The van der Waals surface area contributed by atoms with Crippen LogP contribution < -0.4 is 20.1 Å². The van der Waals surface area contributed by atoms with E-state index in [9.17, 15) is 0 Å². The molecular formula is C21H34IN5O2. The molecule has 0 saturated carbocycles. The smallest absolute Gasteiger partial charge is 0.191 e. The highest BCUT2D eigenvalue weighted by Gasteiger charge is 2.09. The van der Waals surface area contributed by atoms with Crippen molar-refractivity contribution in [2.24, 2.45) is 12.0 Å². The minimum absolute atomic E-state index is 0. The number of nitrogens with zero attached hydrogens (tertiary/aromatic N) is 3. The third-order valence-electron chi connectivity index (χ3n) is 4.79. The summed E-state index contributed by atoms with van der Waals surface area (Å²) in [6, 6.07) is 6.01. The van der Waals surface area contributed by atoms with Gasteiger partial charge in [-0.15, -0.1) is 24.0 Å². The van der Waals surface area contributed by atoms with Crippen LogP contribution in [0.5, 0.6) is 11.5 Å². The largest absolute Gasteiger partial charge is 0.493 e. The van der Waals surface area contributed by atoms with Crippen LogP contribution >= 0.6 is 24.0 Å². The molecule has 0 aliphatic rings. The van der Waals surface area contributed by atoms with Crippen LogP contribution in [0, 0.1) is 13.8 Å². The lowest BCUT2D eigenvalue weighted by Crippen LogP contribution is -2.38. The predicted molar refractivity (Wildman–Crippen MR) is 129 cm³/mol. The van der Waals surface area contributed by atoms with Crippen molar-refractivity contribution in [1.29, 1.82) is 0 Å². The van der Waals surface area contributed by atoms with Gasteiger partial charge in [-0.3, -0.25) is 9.67 Å². The Bertz CT molecular complexity index is 805. The molecule has 29 heavy (non-hydrogen) atoms. The van der Waals surface area contributed by atoms with Crippen molar-refractivity contribution in [3.05, 3.63) is 40.7 Å². The van der Waals surface area contributed by atoms with E-state index in [0.717, 1.165) is 55.6 Å². The number of hydrogen-bond donors (Lipinski definition) is 2. The van der Waals surface area contributed by atoms with Gasteiger partial charge in [-0.2, -0.15) is 5.10 Å². The van der Waals surface area contributed by atoms with Gasteiger partial charge in [0.2, 0.25) is 0 Å². The molecule has 7 nitrogen and oxygen atoms in total. The number of rotatable bonds is 9. The van der Waals surface area contributed by atoms with Crippen LogP contribution in [0.4, 0.5) is 0 Å². The van der Waals surface area contributed by atoms with Crippen molar-refractivity contribution < 1.29 is 9.47 Å². The fourth-order valence-electron chi connectivity index (χ4n) is 3.16. The summed E-state index contributed by atoms with van der Waals surface area (Å²) in [7, 11) is 5.28. The summed E-state index contributed by atoms with van der Waals surface area (Å²) in [5.41, 5.74) is 4.76. The van der Waals surface area contributed by atoms with Gasteiger partial charge in [0.1, 0.15) is 0 Å². The minimum atomic E-state index is 0.